The number of likely N-dealkylation sites (N-methyl/N-ethyl adjacent to an activating group) is 1. The van der Waals surface area contributed by atoms with Gasteiger partial charge in [0, 0.05) is 23.5 Å². The van der Waals surface area contributed by atoms with Crippen LogP contribution in [-0.2, 0) is 13.0 Å². The first-order valence-electron chi connectivity index (χ1n) is 8.85. The molecule has 5 nitrogen and oxygen atoms in total. The van der Waals surface area contributed by atoms with Crippen LogP contribution in [0.15, 0.2) is 40.8 Å². The molecule has 2 N–H and O–H groups in total. The molecule has 0 fully saturated rings. The maximum atomic E-state index is 12.8. The Morgan fingerprint density at radius 1 is 1.22 bits per heavy atom. The van der Waals surface area contributed by atoms with E-state index in [0.717, 1.165) is 35.6 Å². The smallest absolute Gasteiger partial charge is 0.256 e. The highest BCUT2D eigenvalue weighted by atomic mass is 35.5. The van der Waals surface area contributed by atoms with Gasteiger partial charge in [-0.3, -0.25) is 4.79 Å². The van der Waals surface area contributed by atoms with E-state index < -0.39 is 0 Å². The summed E-state index contributed by atoms with van der Waals surface area (Å²) in [6, 6.07) is 11.3. The Morgan fingerprint density at radius 3 is 2.93 bits per heavy atom. The Balaban J connectivity index is 1.46. The van der Waals surface area contributed by atoms with Crippen LogP contribution in [0, 0.1) is 0 Å². The molecule has 0 aliphatic carbocycles. The average molecular weight is 400 g/mol. The summed E-state index contributed by atoms with van der Waals surface area (Å²) in [7, 11) is 2.11. The summed E-state index contributed by atoms with van der Waals surface area (Å²) in [5.74, 6) is 1.31. The molecule has 2 aliphatic heterocycles. The molecular weight excluding hydrogens is 382 g/mol. The van der Waals surface area contributed by atoms with Crippen molar-refractivity contribution in [2.24, 2.45) is 0 Å². The molecule has 1 atom stereocenters. The standard InChI is InChI=1S/C20H18ClN3O2S/c1-24-9-8-12-16(10-24)27-20-17(12)19(25)22-18(23-20)15-7-6-14(26-15)11-4-2-3-5-13(11)21/h2-7,18,23H,8-10H2,1H3,(H,22,25)/t18-/m0/s1. The lowest BCUT2D eigenvalue weighted by molar-refractivity contribution is 0.0930. The number of amides is 1. The second-order valence-corrected chi connectivity index (χ2v) is 8.44. The molecule has 5 rings (SSSR count). The SMILES string of the molecule is CN1CCc2c(sc3c2C(=O)N[C@H](c2ccc(-c4ccccc4Cl)o2)N3)C1. The molecule has 2 aromatic heterocycles. The third kappa shape index (κ3) is 2.84. The topological polar surface area (TPSA) is 57.5 Å². The lowest BCUT2D eigenvalue weighted by atomic mass is 10.0. The molecule has 0 spiro atoms. The molecule has 27 heavy (non-hydrogen) atoms. The lowest BCUT2D eigenvalue weighted by Crippen LogP contribution is -2.38. The van der Waals surface area contributed by atoms with Gasteiger partial charge in [0.05, 0.1) is 10.6 Å². The first kappa shape index (κ1) is 16.9. The highest BCUT2D eigenvalue weighted by molar-refractivity contribution is 7.16. The summed E-state index contributed by atoms with van der Waals surface area (Å²) in [6.45, 7) is 1.87. The van der Waals surface area contributed by atoms with Crippen molar-refractivity contribution < 1.29 is 9.21 Å². The minimum absolute atomic E-state index is 0.0357. The van der Waals surface area contributed by atoms with Gasteiger partial charge in [-0.1, -0.05) is 23.7 Å². The fraction of sp³-hybridized carbons (Fsp3) is 0.250. The number of carbonyl (C=O) groups excluding carboxylic acids is 1. The zero-order valence-electron chi connectivity index (χ0n) is 14.7. The number of fused-ring (bicyclic) bond motifs is 3. The number of hydrogen-bond acceptors (Lipinski definition) is 5. The number of thiophene rings is 1. The summed E-state index contributed by atoms with van der Waals surface area (Å²) >= 11 is 7.94. The Morgan fingerprint density at radius 2 is 2.07 bits per heavy atom. The molecule has 4 heterocycles. The van der Waals surface area contributed by atoms with Gasteiger partial charge in [-0.05, 0) is 43.3 Å². The normalized spacial score (nSPS) is 19.2. The van der Waals surface area contributed by atoms with Gasteiger partial charge in [0.25, 0.3) is 5.91 Å². The highest BCUT2D eigenvalue weighted by Crippen LogP contribution is 2.41. The van der Waals surface area contributed by atoms with E-state index in [9.17, 15) is 4.79 Å². The zero-order valence-corrected chi connectivity index (χ0v) is 16.3. The van der Waals surface area contributed by atoms with Gasteiger partial charge in [0.1, 0.15) is 16.5 Å². The summed E-state index contributed by atoms with van der Waals surface area (Å²) < 4.78 is 6.01. The van der Waals surface area contributed by atoms with Gasteiger partial charge in [-0.2, -0.15) is 0 Å². The lowest BCUT2D eigenvalue weighted by Gasteiger charge is -2.26. The molecule has 3 aromatic rings. The van der Waals surface area contributed by atoms with E-state index in [2.05, 4.69) is 22.6 Å². The minimum atomic E-state index is -0.390. The summed E-state index contributed by atoms with van der Waals surface area (Å²) in [5.41, 5.74) is 2.83. The zero-order chi connectivity index (χ0) is 18.5. The van der Waals surface area contributed by atoms with Crippen LogP contribution in [-0.4, -0.2) is 24.4 Å². The molecular formula is C20H18ClN3O2S. The van der Waals surface area contributed by atoms with E-state index in [1.54, 1.807) is 11.3 Å². The first-order chi connectivity index (χ1) is 13.1. The van der Waals surface area contributed by atoms with Gasteiger partial charge < -0.3 is 20.0 Å². The molecule has 0 saturated heterocycles. The molecule has 0 bridgehead atoms. The predicted octanol–water partition coefficient (Wildman–Crippen LogP) is 4.50. The molecule has 0 radical (unpaired) electrons. The number of hydrogen-bond donors (Lipinski definition) is 2. The Labute approximate surface area is 165 Å². The third-order valence-corrected chi connectivity index (χ3v) is 6.55. The van der Waals surface area contributed by atoms with Gasteiger partial charge in [0.2, 0.25) is 0 Å². The van der Waals surface area contributed by atoms with Gasteiger partial charge >= 0.3 is 0 Å². The van der Waals surface area contributed by atoms with Crippen LogP contribution in [0.2, 0.25) is 5.02 Å². The van der Waals surface area contributed by atoms with E-state index in [4.69, 9.17) is 16.0 Å². The summed E-state index contributed by atoms with van der Waals surface area (Å²) in [6.07, 6.45) is 0.522. The first-order valence-corrected chi connectivity index (χ1v) is 10.0. The number of halogens is 1. The van der Waals surface area contributed by atoms with Crippen molar-refractivity contribution in [3.63, 3.8) is 0 Å². The summed E-state index contributed by atoms with van der Waals surface area (Å²) in [4.78, 5) is 16.3. The molecule has 1 aromatic carbocycles. The van der Waals surface area contributed by atoms with E-state index in [-0.39, 0.29) is 12.1 Å². The van der Waals surface area contributed by atoms with E-state index in [0.29, 0.717) is 16.5 Å². The number of anilines is 1. The average Bonchev–Trinajstić information content (AvgIpc) is 3.26. The minimum Gasteiger partial charge on any atom is -0.457 e. The van der Waals surface area contributed by atoms with Crippen molar-refractivity contribution in [3.8, 4) is 11.3 Å². The van der Waals surface area contributed by atoms with Crippen LogP contribution in [0.25, 0.3) is 11.3 Å². The van der Waals surface area contributed by atoms with Gasteiger partial charge in [-0.15, -0.1) is 11.3 Å². The van der Waals surface area contributed by atoms with Crippen LogP contribution < -0.4 is 10.6 Å². The largest absolute Gasteiger partial charge is 0.457 e. The van der Waals surface area contributed by atoms with Crippen LogP contribution in [0.3, 0.4) is 0 Å². The molecule has 7 heteroatoms. The number of carbonyl (C=O) groups is 1. The number of nitrogens with zero attached hydrogens (tertiary/aromatic N) is 1. The van der Waals surface area contributed by atoms with Crippen molar-refractivity contribution in [3.05, 3.63) is 63.2 Å². The van der Waals surface area contributed by atoms with Crippen molar-refractivity contribution >= 4 is 33.8 Å². The quantitative estimate of drug-likeness (QED) is 0.666. The summed E-state index contributed by atoms with van der Waals surface area (Å²) in [5, 5.41) is 8.03. The van der Waals surface area contributed by atoms with E-state index >= 15 is 0 Å². The fourth-order valence-corrected chi connectivity index (χ4v) is 5.28. The molecule has 0 unspecified atom stereocenters. The third-order valence-electron chi connectivity index (χ3n) is 5.08. The van der Waals surface area contributed by atoms with Crippen molar-refractivity contribution in [2.75, 3.05) is 18.9 Å². The molecule has 138 valence electrons. The predicted molar refractivity (Wildman–Crippen MR) is 107 cm³/mol. The Bertz CT molecular complexity index is 1040. The number of nitrogens with one attached hydrogen (secondary N) is 2. The molecule has 2 aliphatic rings. The van der Waals surface area contributed by atoms with Crippen molar-refractivity contribution in [1.29, 1.82) is 0 Å². The Kier molecular flexibility index (Phi) is 4.00. The molecule has 0 saturated carbocycles. The maximum absolute atomic E-state index is 12.8. The number of furan rings is 1. The second-order valence-electron chi connectivity index (χ2n) is 6.93. The monoisotopic (exact) mass is 399 g/mol. The Hall–Kier alpha value is -2.28. The van der Waals surface area contributed by atoms with Crippen molar-refractivity contribution in [1.82, 2.24) is 10.2 Å². The van der Waals surface area contributed by atoms with Crippen LogP contribution in [0.5, 0.6) is 0 Å². The van der Waals surface area contributed by atoms with Crippen LogP contribution >= 0.6 is 22.9 Å². The van der Waals surface area contributed by atoms with Gasteiger partial charge in [-0.25, -0.2) is 0 Å². The number of benzene rings is 1. The van der Waals surface area contributed by atoms with E-state index in [1.165, 1.54) is 10.4 Å². The molecule has 1 amide bonds. The van der Waals surface area contributed by atoms with Crippen LogP contribution in [0.1, 0.15) is 32.7 Å². The van der Waals surface area contributed by atoms with Crippen LogP contribution in [0.4, 0.5) is 5.00 Å². The van der Waals surface area contributed by atoms with E-state index in [1.807, 2.05) is 36.4 Å². The highest BCUT2D eigenvalue weighted by Gasteiger charge is 2.33. The maximum Gasteiger partial charge on any atom is 0.256 e. The fourth-order valence-electron chi connectivity index (χ4n) is 3.70. The second kappa shape index (κ2) is 6.41. The number of rotatable bonds is 2. The van der Waals surface area contributed by atoms with Gasteiger partial charge in [0.15, 0.2) is 6.17 Å². The van der Waals surface area contributed by atoms with Crippen molar-refractivity contribution in [2.45, 2.75) is 19.1 Å².